The van der Waals surface area contributed by atoms with Gasteiger partial charge in [0.1, 0.15) is 5.41 Å². The minimum Gasteiger partial charge on any atom is -0.481 e. The molecular weight excluding hydrogens is 168 g/mol. The van der Waals surface area contributed by atoms with E-state index in [1.54, 1.807) is 31.8 Å². The van der Waals surface area contributed by atoms with Crippen molar-refractivity contribution in [2.24, 2.45) is 7.05 Å². The average molecular weight is 182 g/mol. The number of aryl methyl sites for hydroxylation is 2. The van der Waals surface area contributed by atoms with Crippen molar-refractivity contribution in [2.45, 2.75) is 26.2 Å². The van der Waals surface area contributed by atoms with Gasteiger partial charge in [0.15, 0.2) is 0 Å². The van der Waals surface area contributed by atoms with Gasteiger partial charge in [0, 0.05) is 7.05 Å². The van der Waals surface area contributed by atoms with E-state index in [4.69, 9.17) is 5.11 Å². The highest BCUT2D eigenvalue weighted by molar-refractivity contribution is 5.80. The fraction of sp³-hybridized carbons (Fsp3) is 0.556. The highest BCUT2D eigenvalue weighted by atomic mass is 16.4. The van der Waals surface area contributed by atoms with Gasteiger partial charge in [-0.1, -0.05) is 0 Å². The molecule has 0 radical (unpaired) electrons. The Labute approximate surface area is 77.2 Å². The smallest absolute Gasteiger partial charge is 0.315 e. The van der Waals surface area contributed by atoms with Gasteiger partial charge in [0.05, 0.1) is 11.9 Å². The SMILES string of the molecule is Cc1cnn(C)c1C(C)(C)C(=O)O. The van der Waals surface area contributed by atoms with Crippen molar-refractivity contribution in [3.8, 4) is 0 Å². The van der Waals surface area contributed by atoms with Crippen LogP contribution in [0.2, 0.25) is 0 Å². The Kier molecular flexibility index (Phi) is 2.15. The highest BCUT2D eigenvalue weighted by Gasteiger charge is 2.33. The largest absolute Gasteiger partial charge is 0.481 e. The van der Waals surface area contributed by atoms with E-state index in [9.17, 15) is 4.79 Å². The molecule has 0 aliphatic carbocycles. The quantitative estimate of drug-likeness (QED) is 0.744. The summed E-state index contributed by atoms with van der Waals surface area (Å²) in [6.07, 6.45) is 1.68. The van der Waals surface area contributed by atoms with E-state index in [-0.39, 0.29) is 0 Å². The molecule has 1 N–H and O–H groups in total. The number of carboxylic acid groups (broad SMARTS) is 1. The monoisotopic (exact) mass is 182 g/mol. The summed E-state index contributed by atoms with van der Waals surface area (Å²) < 4.78 is 1.61. The van der Waals surface area contributed by atoms with Crippen LogP contribution in [0.3, 0.4) is 0 Å². The third-order valence-electron chi connectivity index (χ3n) is 2.25. The molecule has 1 heterocycles. The van der Waals surface area contributed by atoms with Gasteiger partial charge in [-0.05, 0) is 26.3 Å². The summed E-state index contributed by atoms with van der Waals surface area (Å²) in [5.41, 5.74) is 0.782. The molecule has 4 heteroatoms. The van der Waals surface area contributed by atoms with E-state index in [1.165, 1.54) is 0 Å². The summed E-state index contributed by atoms with van der Waals surface area (Å²) in [4.78, 5) is 11.0. The number of carbonyl (C=O) groups is 1. The fourth-order valence-corrected chi connectivity index (χ4v) is 1.55. The molecule has 72 valence electrons. The van der Waals surface area contributed by atoms with Crippen molar-refractivity contribution >= 4 is 5.97 Å². The highest BCUT2D eigenvalue weighted by Crippen LogP contribution is 2.25. The van der Waals surface area contributed by atoms with Crippen molar-refractivity contribution < 1.29 is 9.90 Å². The van der Waals surface area contributed by atoms with Gasteiger partial charge < -0.3 is 5.11 Å². The molecule has 1 rings (SSSR count). The van der Waals surface area contributed by atoms with Crippen LogP contribution in [0.5, 0.6) is 0 Å². The van der Waals surface area contributed by atoms with Gasteiger partial charge in [0.25, 0.3) is 0 Å². The Hall–Kier alpha value is -1.32. The second-order valence-corrected chi connectivity index (χ2v) is 3.73. The van der Waals surface area contributed by atoms with Gasteiger partial charge in [-0.15, -0.1) is 0 Å². The first-order valence-corrected chi connectivity index (χ1v) is 4.10. The van der Waals surface area contributed by atoms with Crippen molar-refractivity contribution in [3.05, 3.63) is 17.5 Å². The van der Waals surface area contributed by atoms with Crippen LogP contribution in [0.25, 0.3) is 0 Å². The standard InChI is InChI=1S/C9H14N2O2/c1-6-5-10-11(4)7(6)9(2,3)8(12)13/h5H,1-4H3,(H,12,13). The molecule has 0 unspecified atom stereocenters. The number of aromatic nitrogens is 2. The van der Waals surface area contributed by atoms with E-state index in [1.807, 2.05) is 6.92 Å². The Balaban J connectivity index is 3.28. The van der Waals surface area contributed by atoms with Crippen molar-refractivity contribution in [1.82, 2.24) is 9.78 Å². The molecule has 0 aliphatic heterocycles. The molecule has 0 bridgehead atoms. The molecule has 0 saturated carbocycles. The number of nitrogens with zero attached hydrogens (tertiary/aromatic N) is 2. The zero-order valence-corrected chi connectivity index (χ0v) is 8.33. The number of aliphatic carboxylic acids is 1. The third kappa shape index (κ3) is 1.43. The Morgan fingerprint density at radius 3 is 2.46 bits per heavy atom. The first-order chi connectivity index (χ1) is 5.87. The fourth-order valence-electron chi connectivity index (χ4n) is 1.55. The van der Waals surface area contributed by atoms with Gasteiger partial charge in [0.2, 0.25) is 0 Å². The van der Waals surface area contributed by atoms with E-state index in [0.717, 1.165) is 11.3 Å². The van der Waals surface area contributed by atoms with E-state index in [2.05, 4.69) is 5.10 Å². The minimum absolute atomic E-state index is 0.750. The predicted octanol–water partition coefficient (Wildman–Crippen LogP) is 1.09. The van der Waals surface area contributed by atoms with Crippen molar-refractivity contribution in [1.29, 1.82) is 0 Å². The minimum atomic E-state index is -0.880. The maximum Gasteiger partial charge on any atom is 0.315 e. The first kappa shape index (κ1) is 9.77. The zero-order valence-electron chi connectivity index (χ0n) is 8.33. The molecule has 4 nitrogen and oxygen atoms in total. The average Bonchev–Trinajstić information content (AvgIpc) is 2.30. The van der Waals surface area contributed by atoms with Crippen LogP contribution in [-0.4, -0.2) is 20.9 Å². The number of carboxylic acids is 1. The van der Waals surface area contributed by atoms with Gasteiger partial charge in [-0.25, -0.2) is 0 Å². The van der Waals surface area contributed by atoms with Crippen LogP contribution in [0, 0.1) is 6.92 Å². The molecule has 0 amide bonds. The van der Waals surface area contributed by atoms with E-state index in [0.29, 0.717) is 0 Å². The van der Waals surface area contributed by atoms with Crippen LogP contribution < -0.4 is 0 Å². The second-order valence-electron chi connectivity index (χ2n) is 3.73. The predicted molar refractivity (Wildman–Crippen MR) is 48.6 cm³/mol. The van der Waals surface area contributed by atoms with Gasteiger partial charge in [-0.2, -0.15) is 5.10 Å². The van der Waals surface area contributed by atoms with Crippen molar-refractivity contribution in [3.63, 3.8) is 0 Å². The maximum absolute atomic E-state index is 11.0. The lowest BCUT2D eigenvalue weighted by molar-refractivity contribution is -0.142. The normalized spacial score (nSPS) is 11.7. The van der Waals surface area contributed by atoms with Crippen LogP contribution in [-0.2, 0) is 17.3 Å². The molecule has 13 heavy (non-hydrogen) atoms. The molecule has 0 saturated heterocycles. The molecule has 0 spiro atoms. The summed E-state index contributed by atoms with van der Waals surface area (Å²) in [5.74, 6) is -0.834. The molecule has 0 aromatic carbocycles. The van der Waals surface area contributed by atoms with Gasteiger partial charge >= 0.3 is 5.97 Å². The summed E-state index contributed by atoms with van der Waals surface area (Å²) in [7, 11) is 1.76. The Morgan fingerprint density at radius 2 is 2.15 bits per heavy atom. The maximum atomic E-state index is 11.0. The number of rotatable bonds is 2. The lowest BCUT2D eigenvalue weighted by atomic mass is 9.87. The van der Waals surface area contributed by atoms with Crippen LogP contribution in [0.15, 0.2) is 6.20 Å². The van der Waals surface area contributed by atoms with Crippen LogP contribution in [0.1, 0.15) is 25.1 Å². The third-order valence-corrected chi connectivity index (χ3v) is 2.25. The summed E-state index contributed by atoms with van der Waals surface area (Å²) in [5, 5.41) is 13.0. The summed E-state index contributed by atoms with van der Waals surface area (Å²) in [6, 6.07) is 0. The summed E-state index contributed by atoms with van der Waals surface area (Å²) >= 11 is 0. The summed E-state index contributed by atoms with van der Waals surface area (Å²) in [6.45, 7) is 5.23. The topological polar surface area (TPSA) is 55.1 Å². The molecule has 0 fully saturated rings. The zero-order chi connectivity index (χ0) is 10.2. The van der Waals surface area contributed by atoms with Gasteiger partial charge in [-0.3, -0.25) is 9.48 Å². The van der Waals surface area contributed by atoms with Crippen molar-refractivity contribution in [2.75, 3.05) is 0 Å². The Morgan fingerprint density at radius 1 is 1.62 bits per heavy atom. The first-order valence-electron chi connectivity index (χ1n) is 4.10. The molecule has 0 aliphatic rings. The van der Waals surface area contributed by atoms with E-state index < -0.39 is 11.4 Å². The number of hydrogen-bond donors (Lipinski definition) is 1. The molecular formula is C9H14N2O2. The lowest BCUT2D eigenvalue weighted by Gasteiger charge is -2.20. The number of hydrogen-bond acceptors (Lipinski definition) is 2. The molecule has 1 aromatic rings. The molecule has 1 aromatic heterocycles. The lowest BCUT2D eigenvalue weighted by Crippen LogP contribution is -2.31. The second kappa shape index (κ2) is 2.87. The van der Waals surface area contributed by atoms with Crippen LogP contribution >= 0.6 is 0 Å². The Bertz CT molecular complexity index is 320. The van der Waals surface area contributed by atoms with E-state index >= 15 is 0 Å². The van der Waals surface area contributed by atoms with Crippen LogP contribution in [0.4, 0.5) is 0 Å². The molecule has 0 atom stereocenters.